The highest BCUT2D eigenvalue weighted by Crippen LogP contribution is 2.29. The van der Waals surface area contributed by atoms with E-state index >= 15 is 0 Å². The van der Waals surface area contributed by atoms with Crippen LogP contribution in [0.5, 0.6) is 0 Å². The fourth-order valence-corrected chi connectivity index (χ4v) is 4.58. The lowest BCUT2D eigenvalue weighted by Crippen LogP contribution is -2.70. The van der Waals surface area contributed by atoms with Crippen LogP contribution in [0, 0.1) is 0 Å². The number of ether oxygens (including phenoxy) is 1. The van der Waals surface area contributed by atoms with Crippen LogP contribution in [0.15, 0.2) is 0 Å². The van der Waals surface area contributed by atoms with Crippen LogP contribution in [0.1, 0.15) is 45.4 Å². The minimum Gasteiger partial charge on any atom is -0.447 e. The van der Waals surface area contributed by atoms with E-state index in [0.29, 0.717) is 6.42 Å². The second-order valence-electron chi connectivity index (χ2n) is 6.67. The summed E-state index contributed by atoms with van der Waals surface area (Å²) in [6, 6.07) is -0.896. The number of unbranched alkanes of at least 4 members (excludes halogenated alkanes) is 5. The van der Waals surface area contributed by atoms with Gasteiger partial charge in [0.05, 0.1) is 11.8 Å². The summed E-state index contributed by atoms with van der Waals surface area (Å²) in [4.78, 5) is 12.8. The molecule has 2 rings (SSSR count). The Morgan fingerprint density at radius 3 is 2.40 bits per heavy atom. The first-order chi connectivity index (χ1) is 11.8. The van der Waals surface area contributed by atoms with Gasteiger partial charge in [0, 0.05) is 0 Å². The first-order valence-electron chi connectivity index (χ1n) is 8.78. The van der Waals surface area contributed by atoms with Crippen LogP contribution in [0.2, 0.25) is 0 Å². The van der Waals surface area contributed by atoms with Crippen molar-refractivity contribution in [1.29, 1.82) is 0 Å². The van der Waals surface area contributed by atoms with Gasteiger partial charge in [-0.3, -0.25) is 4.90 Å². The van der Waals surface area contributed by atoms with Crippen molar-refractivity contribution in [1.82, 2.24) is 9.62 Å². The SMILES string of the molecule is CCCCCCCCS(=O)(=O)N[C@@H]1C(O)[C@@H](O)[C@H](O)C2COC(=O)N21. The predicted molar refractivity (Wildman–Crippen MR) is 89.1 cm³/mol. The van der Waals surface area contributed by atoms with Gasteiger partial charge in [0.15, 0.2) is 0 Å². The van der Waals surface area contributed by atoms with E-state index in [1.807, 2.05) is 0 Å². The van der Waals surface area contributed by atoms with Crippen LogP contribution in [-0.4, -0.2) is 77.6 Å². The zero-order valence-electron chi connectivity index (χ0n) is 14.4. The summed E-state index contributed by atoms with van der Waals surface area (Å²) in [6.45, 7) is 1.94. The highest BCUT2D eigenvalue weighted by molar-refractivity contribution is 7.89. The standard InChI is InChI=1S/C15H28N2O7S/c1-2-3-4-5-6-7-8-25(22,23)16-14-13(20)12(19)11(18)10-9-24-15(21)17(10)14/h10-14,16,18-20H,2-9H2,1H3/t10?,11-,12+,13?,14+/m1/s1. The van der Waals surface area contributed by atoms with Crippen molar-refractivity contribution in [3.8, 4) is 0 Å². The minimum atomic E-state index is -3.76. The van der Waals surface area contributed by atoms with Crippen LogP contribution in [-0.2, 0) is 14.8 Å². The average molecular weight is 380 g/mol. The largest absolute Gasteiger partial charge is 0.447 e. The second kappa shape index (κ2) is 8.63. The third kappa shape index (κ3) is 4.82. The maximum absolute atomic E-state index is 12.3. The fourth-order valence-electron chi connectivity index (χ4n) is 3.25. The number of carbonyl (C=O) groups excluding carboxylic acids is 1. The molecule has 0 bridgehead atoms. The Balaban J connectivity index is 1.95. The predicted octanol–water partition coefficient (Wildman–Crippen LogP) is -0.490. The molecule has 0 spiro atoms. The van der Waals surface area contributed by atoms with Crippen molar-refractivity contribution in [2.75, 3.05) is 12.4 Å². The van der Waals surface area contributed by atoms with Crippen LogP contribution in [0.3, 0.4) is 0 Å². The van der Waals surface area contributed by atoms with Crippen molar-refractivity contribution in [3.05, 3.63) is 0 Å². The number of piperidine rings is 1. The molecule has 0 aromatic rings. The van der Waals surface area contributed by atoms with Crippen LogP contribution < -0.4 is 4.72 Å². The Hall–Kier alpha value is -0.940. The Morgan fingerprint density at radius 2 is 1.72 bits per heavy atom. The molecule has 0 radical (unpaired) electrons. The second-order valence-corrected chi connectivity index (χ2v) is 8.55. The Kier molecular flexibility index (Phi) is 7.03. The summed E-state index contributed by atoms with van der Waals surface area (Å²) in [5, 5.41) is 30.0. The van der Waals surface area contributed by atoms with Gasteiger partial charge in [0.2, 0.25) is 10.0 Å². The number of aliphatic hydroxyl groups excluding tert-OH is 3. The van der Waals surface area contributed by atoms with Gasteiger partial charge >= 0.3 is 6.09 Å². The van der Waals surface area contributed by atoms with Crippen LogP contribution >= 0.6 is 0 Å². The highest BCUT2D eigenvalue weighted by atomic mass is 32.2. The Labute approximate surface area is 148 Å². The lowest BCUT2D eigenvalue weighted by Gasteiger charge is -2.43. The summed E-state index contributed by atoms with van der Waals surface area (Å²) < 4.78 is 31.6. The van der Waals surface area contributed by atoms with E-state index in [0.717, 1.165) is 37.0 Å². The molecule has 0 aliphatic carbocycles. The monoisotopic (exact) mass is 380 g/mol. The molecule has 0 aromatic heterocycles. The molecule has 0 aromatic carbocycles. The average Bonchev–Trinajstić information content (AvgIpc) is 2.94. The molecule has 10 heteroatoms. The lowest BCUT2D eigenvalue weighted by atomic mass is 9.93. The van der Waals surface area contributed by atoms with E-state index in [2.05, 4.69) is 11.6 Å². The van der Waals surface area contributed by atoms with E-state index in [1.165, 1.54) is 0 Å². The molecule has 25 heavy (non-hydrogen) atoms. The molecule has 4 N–H and O–H groups in total. The van der Waals surface area contributed by atoms with Gasteiger partial charge in [-0.2, -0.15) is 4.72 Å². The van der Waals surface area contributed by atoms with E-state index in [9.17, 15) is 28.5 Å². The van der Waals surface area contributed by atoms with Crippen LogP contribution in [0.4, 0.5) is 4.79 Å². The molecule has 9 nitrogen and oxygen atoms in total. The molecule has 146 valence electrons. The normalized spacial score (nSPS) is 32.6. The van der Waals surface area contributed by atoms with E-state index in [1.54, 1.807) is 0 Å². The topological polar surface area (TPSA) is 136 Å². The molecule has 0 saturated carbocycles. The van der Waals surface area contributed by atoms with Crippen molar-refractivity contribution in [2.24, 2.45) is 0 Å². The molecule has 2 saturated heterocycles. The third-order valence-corrected chi connectivity index (χ3v) is 6.16. The van der Waals surface area contributed by atoms with Crippen molar-refractivity contribution < 1.29 is 33.3 Å². The maximum atomic E-state index is 12.3. The van der Waals surface area contributed by atoms with E-state index < -0.39 is 46.6 Å². The minimum absolute atomic E-state index is 0.130. The van der Waals surface area contributed by atoms with Crippen molar-refractivity contribution in [3.63, 3.8) is 0 Å². The summed E-state index contributed by atoms with van der Waals surface area (Å²) >= 11 is 0. The van der Waals surface area contributed by atoms with Gasteiger partial charge < -0.3 is 20.1 Å². The zero-order chi connectivity index (χ0) is 18.6. The first-order valence-corrected chi connectivity index (χ1v) is 10.4. The van der Waals surface area contributed by atoms with Gasteiger partial charge in [-0.25, -0.2) is 13.2 Å². The van der Waals surface area contributed by atoms with E-state index in [-0.39, 0.29) is 12.4 Å². The van der Waals surface area contributed by atoms with Gasteiger partial charge in [-0.05, 0) is 6.42 Å². The number of hydrogen-bond acceptors (Lipinski definition) is 7. The fraction of sp³-hybridized carbons (Fsp3) is 0.933. The maximum Gasteiger partial charge on any atom is 0.411 e. The number of amides is 1. The highest BCUT2D eigenvalue weighted by Gasteiger charge is 2.54. The lowest BCUT2D eigenvalue weighted by molar-refractivity contribution is -0.143. The molecular formula is C15H28N2O7S. The zero-order valence-corrected chi connectivity index (χ0v) is 15.2. The molecule has 5 atom stereocenters. The smallest absolute Gasteiger partial charge is 0.411 e. The number of aliphatic hydroxyl groups is 3. The molecular weight excluding hydrogens is 352 g/mol. The number of hydrogen-bond donors (Lipinski definition) is 4. The van der Waals surface area contributed by atoms with Gasteiger partial charge in [0.1, 0.15) is 31.1 Å². The first kappa shape index (κ1) is 20.4. The Morgan fingerprint density at radius 1 is 1.08 bits per heavy atom. The van der Waals surface area contributed by atoms with Gasteiger partial charge in [-0.15, -0.1) is 0 Å². The number of fused-ring (bicyclic) bond motifs is 1. The summed E-state index contributed by atoms with van der Waals surface area (Å²) in [6.07, 6.45) is -1.29. The number of nitrogens with one attached hydrogen (secondary N) is 1. The number of nitrogens with zero attached hydrogens (tertiary/aromatic N) is 1. The summed E-state index contributed by atoms with van der Waals surface area (Å²) in [5.41, 5.74) is 0. The number of carbonyl (C=O) groups is 1. The van der Waals surface area contributed by atoms with E-state index in [4.69, 9.17) is 4.74 Å². The van der Waals surface area contributed by atoms with Gasteiger partial charge in [0.25, 0.3) is 0 Å². The summed E-state index contributed by atoms with van der Waals surface area (Å²) in [5.74, 6) is -0.130. The van der Waals surface area contributed by atoms with Crippen molar-refractivity contribution >= 4 is 16.1 Å². The third-order valence-electron chi connectivity index (χ3n) is 4.73. The number of cyclic esters (lactones) is 1. The molecule has 2 heterocycles. The van der Waals surface area contributed by atoms with Crippen molar-refractivity contribution in [2.45, 2.75) is 76.0 Å². The van der Waals surface area contributed by atoms with Crippen LogP contribution in [0.25, 0.3) is 0 Å². The van der Waals surface area contributed by atoms with Gasteiger partial charge in [-0.1, -0.05) is 39.0 Å². The molecule has 2 unspecified atom stereocenters. The quantitative estimate of drug-likeness (QED) is 0.396. The molecule has 2 aliphatic rings. The number of rotatable bonds is 9. The summed E-state index contributed by atoms with van der Waals surface area (Å²) in [7, 11) is -3.76. The Bertz CT molecular complexity index is 556. The molecule has 2 fully saturated rings. The molecule has 2 aliphatic heterocycles. The molecule has 1 amide bonds. The number of sulfonamides is 1.